The second-order valence-corrected chi connectivity index (χ2v) is 5.20. The Kier molecular flexibility index (Phi) is 4.01. The van der Waals surface area contributed by atoms with Gasteiger partial charge in [-0.15, -0.1) is 0 Å². The Hall–Kier alpha value is -1.10. The summed E-state index contributed by atoms with van der Waals surface area (Å²) in [6.07, 6.45) is 2.61. The van der Waals surface area contributed by atoms with Crippen molar-refractivity contribution in [1.29, 1.82) is 0 Å². The minimum atomic E-state index is -0.224. The molecule has 2 saturated heterocycles. The lowest BCUT2D eigenvalue weighted by atomic mass is 10.2. The van der Waals surface area contributed by atoms with Gasteiger partial charge in [-0.1, -0.05) is 12.1 Å². The highest BCUT2D eigenvalue weighted by atomic mass is 16.7. The van der Waals surface area contributed by atoms with Gasteiger partial charge in [0.25, 0.3) is 0 Å². The summed E-state index contributed by atoms with van der Waals surface area (Å²) in [5, 5.41) is 0. The smallest absolute Gasteiger partial charge is 0.184 e. The number of nitrogens with zero attached hydrogens (tertiary/aromatic N) is 1. The van der Waals surface area contributed by atoms with Crippen LogP contribution in [0.2, 0.25) is 0 Å². The maximum atomic E-state index is 5.98. The van der Waals surface area contributed by atoms with Crippen LogP contribution in [-0.2, 0) is 9.47 Å². The topological polar surface area (TPSA) is 30.9 Å². The zero-order valence-corrected chi connectivity index (χ0v) is 11.4. The first-order valence-corrected chi connectivity index (χ1v) is 6.98. The fraction of sp³-hybridized carbons (Fsp3) is 0.600. The van der Waals surface area contributed by atoms with Crippen molar-refractivity contribution in [3.8, 4) is 5.75 Å². The summed E-state index contributed by atoms with van der Waals surface area (Å²) in [6.45, 7) is 4.08. The predicted octanol–water partition coefficient (Wildman–Crippen LogP) is 2.21. The molecule has 2 atom stereocenters. The fourth-order valence-electron chi connectivity index (χ4n) is 2.73. The molecule has 4 nitrogen and oxygen atoms in total. The SMILES string of the molecule is COc1ccc([C@H]2OC[C@H](CN3CCCC3)O2)cc1. The quantitative estimate of drug-likeness (QED) is 0.833. The molecule has 2 aliphatic rings. The number of hydrogen-bond donors (Lipinski definition) is 0. The molecule has 2 heterocycles. The molecule has 0 saturated carbocycles. The second kappa shape index (κ2) is 5.90. The number of methoxy groups -OCH3 is 1. The Labute approximate surface area is 114 Å². The summed E-state index contributed by atoms with van der Waals surface area (Å²) in [5.41, 5.74) is 1.06. The van der Waals surface area contributed by atoms with Crippen molar-refractivity contribution >= 4 is 0 Å². The van der Waals surface area contributed by atoms with Crippen LogP contribution in [0.15, 0.2) is 24.3 Å². The summed E-state index contributed by atoms with van der Waals surface area (Å²) < 4.78 is 16.9. The van der Waals surface area contributed by atoms with Gasteiger partial charge in [-0.05, 0) is 38.1 Å². The van der Waals surface area contributed by atoms with Crippen LogP contribution in [0.5, 0.6) is 5.75 Å². The zero-order chi connectivity index (χ0) is 13.1. The van der Waals surface area contributed by atoms with Crippen LogP contribution in [0.3, 0.4) is 0 Å². The van der Waals surface area contributed by atoms with E-state index in [0.29, 0.717) is 6.61 Å². The van der Waals surface area contributed by atoms with Crippen molar-refractivity contribution < 1.29 is 14.2 Å². The summed E-state index contributed by atoms with van der Waals surface area (Å²) in [4.78, 5) is 2.46. The van der Waals surface area contributed by atoms with Gasteiger partial charge in [-0.2, -0.15) is 0 Å². The van der Waals surface area contributed by atoms with Crippen molar-refractivity contribution in [2.75, 3.05) is 33.4 Å². The molecule has 4 heteroatoms. The molecule has 0 aliphatic carbocycles. The van der Waals surface area contributed by atoms with Gasteiger partial charge in [-0.3, -0.25) is 0 Å². The molecule has 3 rings (SSSR count). The van der Waals surface area contributed by atoms with Gasteiger partial charge in [0.05, 0.1) is 19.8 Å². The molecule has 2 aliphatic heterocycles. The summed E-state index contributed by atoms with van der Waals surface area (Å²) >= 11 is 0. The molecule has 0 unspecified atom stereocenters. The van der Waals surface area contributed by atoms with E-state index in [-0.39, 0.29) is 12.4 Å². The average Bonchev–Trinajstić information content (AvgIpc) is 3.11. The molecule has 1 aromatic carbocycles. The molecular formula is C15H21NO3. The van der Waals surface area contributed by atoms with Crippen LogP contribution < -0.4 is 4.74 Å². The van der Waals surface area contributed by atoms with E-state index >= 15 is 0 Å². The highest BCUT2D eigenvalue weighted by Crippen LogP contribution is 2.28. The van der Waals surface area contributed by atoms with E-state index in [1.54, 1.807) is 7.11 Å². The van der Waals surface area contributed by atoms with Crippen LogP contribution in [0, 0.1) is 0 Å². The summed E-state index contributed by atoms with van der Waals surface area (Å²) in [7, 11) is 1.67. The predicted molar refractivity (Wildman–Crippen MR) is 72.2 cm³/mol. The van der Waals surface area contributed by atoms with Gasteiger partial charge in [0, 0.05) is 12.1 Å². The molecular weight excluding hydrogens is 242 g/mol. The first kappa shape index (κ1) is 12.9. The molecule has 1 aromatic rings. The van der Waals surface area contributed by atoms with E-state index in [1.807, 2.05) is 24.3 Å². The normalized spacial score (nSPS) is 27.8. The van der Waals surface area contributed by atoms with Crippen LogP contribution in [0.1, 0.15) is 24.7 Å². The molecule has 0 amide bonds. The van der Waals surface area contributed by atoms with Gasteiger partial charge >= 0.3 is 0 Å². The first-order chi connectivity index (χ1) is 9.35. The van der Waals surface area contributed by atoms with Crippen molar-refractivity contribution in [1.82, 2.24) is 4.90 Å². The molecule has 0 radical (unpaired) electrons. The van der Waals surface area contributed by atoms with Gasteiger partial charge in [0.1, 0.15) is 5.75 Å². The Morgan fingerprint density at radius 2 is 1.95 bits per heavy atom. The first-order valence-electron chi connectivity index (χ1n) is 6.98. The Morgan fingerprint density at radius 3 is 2.63 bits per heavy atom. The minimum Gasteiger partial charge on any atom is -0.497 e. The zero-order valence-electron chi connectivity index (χ0n) is 11.4. The number of likely N-dealkylation sites (tertiary alicyclic amines) is 1. The molecule has 0 spiro atoms. The van der Waals surface area contributed by atoms with Gasteiger partial charge in [0.15, 0.2) is 6.29 Å². The third-order valence-corrected chi connectivity index (χ3v) is 3.80. The third-order valence-electron chi connectivity index (χ3n) is 3.80. The van der Waals surface area contributed by atoms with Crippen molar-refractivity contribution in [3.63, 3.8) is 0 Å². The van der Waals surface area contributed by atoms with Crippen molar-refractivity contribution in [2.24, 2.45) is 0 Å². The van der Waals surface area contributed by atoms with E-state index in [1.165, 1.54) is 25.9 Å². The Balaban J connectivity index is 1.55. The highest BCUT2D eigenvalue weighted by Gasteiger charge is 2.29. The maximum Gasteiger partial charge on any atom is 0.184 e. The monoisotopic (exact) mass is 263 g/mol. The molecule has 104 valence electrons. The highest BCUT2D eigenvalue weighted by molar-refractivity contribution is 5.28. The van der Waals surface area contributed by atoms with Crippen LogP contribution in [0.4, 0.5) is 0 Å². The average molecular weight is 263 g/mol. The number of benzene rings is 1. The van der Waals surface area contributed by atoms with Gasteiger partial charge in [0.2, 0.25) is 0 Å². The van der Waals surface area contributed by atoms with E-state index < -0.39 is 0 Å². The second-order valence-electron chi connectivity index (χ2n) is 5.20. The fourth-order valence-corrected chi connectivity index (χ4v) is 2.73. The number of hydrogen-bond acceptors (Lipinski definition) is 4. The summed E-state index contributed by atoms with van der Waals surface area (Å²) in [6, 6.07) is 7.88. The number of rotatable bonds is 4. The van der Waals surface area contributed by atoms with Crippen LogP contribution in [-0.4, -0.2) is 44.4 Å². The lowest BCUT2D eigenvalue weighted by Gasteiger charge is -2.18. The molecule has 0 bridgehead atoms. The van der Waals surface area contributed by atoms with Crippen molar-refractivity contribution in [2.45, 2.75) is 25.2 Å². The lowest BCUT2D eigenvalue weighted by Crippen LogP contribution is -2.31. The number of ether oxygens (including phenoxy) is 3. The molecule has 0 N–H and O–H groups in total. The molecule has 0 aromatic heterocycles. The van der Waals surface area contributed by atoms with E-state index in [0.717, 1.165) is 17.9 Å². The third kappa shape index (κ3) is 3.08. The van der Waals surface area contributed by atoms with Crippen LogP contribution in [0.25, 0.3) is 0 Å². The summed E-state index contributed by atoms with van der Waals surface area (Å²) in [5.74, 6) is 0.857. The van der Waals surface area contributed by atoms with E-state index in [9.17, 15) is 0 Å². The van der Waals surface area contributed by atoms with Crippen molar-refractivity contribution in [3.05, 3.63) is 29.8 Å². The van der Waals surface area contributed by atoms with Gasteiger partial charge in [-0.25, -0.2) is 0 Å². The van der Waals surface area contributed by atoms with Crippen LogP contribution >= 0.6 is 0 Å². The lowest BCUT2D eigenvalue weighted by molar-refractivity contribution is -0.0635. The maximum absolute atomic E-state index is 5.98. The molecule has 19 heavy (non-hydrogen) atoms. The standard InChI is InChI=1S/C15H21NO3/c1-17-13-6-4-12(5-7-13)15-18-11-14(19-15)10-16-8-2-3-9-16/h4-7,14-15H,2-3,8-11H2,1H3/t14-,15-/m0/s1. The largest absolute Gasteiger partial charge is 0.497 e. The van der Waals surface area contributed by atoms with E-state index in [2.05, 4.69) is 4.90 Å². The van der Waals surface area contributed by atoms with E-state index in [4.69, 9.17) is 14.2 Å². The Morgan fingerprint density at radius 1 is 1.21 bits per heavy atom. The minimum absolute atomic E-state index is 0.199. The Bertz CT molecular complexity index is 400. The van der Waals surface area contributed by atoms with Gasteiger partial charge < -0.3 is 19.1 Å². The molecule has 2 fully saturated rings.